The lowest BCUT2D eigenvalue weighted by molar-refractivity contribution is -0.116. The molecule has 49 heavy (non-hydrogen) atoms. The molecule has 0 saturated heterocycles. The molecule has 0 saturated carbocycles. The standard InChI is InChI=1S/C38H31Cl2N3O5S/c1-47-33-23-34(48-2)31(22-30(33)40)42-38(46)35(24-11-5-3-6-12-24)49-28-19-17-27(18-20-28)41-37(45)32(21-26-15-9-10-16-29(26)39)43-36(44)25-13-7-4-8-14-25/h3-23,35H,1-2H3,(H,41,45)(H,42,46)(H,43,44)/b32-21-. The summed E-state index contributed by atoms with van der Waals surface area (Å²) in [5.41, 5.74) is 2.63. The van der Waals surface area contributed by atoms with E-state index < -0.39 is 17.1 Å². The zero-order valence-corrected chi connectivity index (χ0v) is 28.7. The van der Waals surface area contributed by atoms with Crippen LogP contribution in [0.15, 0.2) is 132 Å². The molecule has 0 aliphatic rings. The van der Waals surface area contributed by atoms with Gasteiger partial charge in [0.15, 0.2) is 0 Å². The van der Waals surface area contributed by atoms with Crippen molar-refractivity contribution in [2.75, 3.05) is 24.9 Å². The normalized spacial score (nSPS) is 11.6. The van der Waals surface area contributed by atoms with E-state index in [-0.39, 0.29) is 11.6 Å². The van der Waals surface area contributed by atoms with Gasteiger partial charge in [0.2, 0.25) is 5.91 Å². The Bertz CT molecular complexity index is 1970. The fraction of sp³-hybridized carbons (Fsp3) is 0.0789. The summed E-state index contributed by atoms with van der Waals surface area (Å²) >= 11 is 14.0. The molecule has 0 aliphatic heterocycles. The summed E-state index contributed by atoms with van der Waals surface area (Å²) in [4.78, 5) is 41.0. The smallest absolute Gasteiger partial charge is 0.272 e. The minimum absolute atomic E-state index is 0.00952. The van der Waals surface area contributed by atoms with Crippen LogP contribution in [0.1, 0.15) is 26.7 Å². The third kappa shape index (κ3) is 9.23. The number of hydrogen-bond donors (Lipinski definition) is 3. The van der Waals surface area contributed by atoms with Gasteiger partial charge < -0.3 is 25.4 Å². The van der Waals surface area contributed by atoms with E-state index in [9.17, 15) is 14.4 Å². The minimum Gasteiger partial charge on any atom is -0.495 e. The van der Waals surface area contributed by atoms with E-state index in [4.69, 9.17) is 32.7 Å². The van der Waals surface area contributed by atoms with Crippen LogP contribution in [0.25, 0.3) is 6.08 Å². The van der Waals surface area contributed by atoms with Crippen LogP contribution < -0.4 is 25.4 Å². The Morgan fingerprint density at radius 1 is 0.714 bits per heavy atom. The Kier molecular flexibility index (Phi) is 12.0. The van der Waals surface area contributed by atoms with Crippen molar-refractivity contribution in [1.29, 1.82) is 0 Å². The predicted molar refractivity (Wildman–Crippen MR) is 197 cm³/mol. The average Bonchev–Trinajstić information content (AvgIpc) is 3.12. The van der Waals surface area contributed by atoms with Crippen LogP contribution in [0.5, 0.6) is 11.5 Å². The highest BCUT2D eigenvalue weighted by molar-refractivity contribution is 8.00. The molecule has 0 heterocycles. The number of thioether (sulfide) groups is 1. The largest absolute Gasteiger partial charge is 0.495 e. The molecule has 5 aromatic rings. The van der Waals surface area contributed by atoms with E-state index in [0.29, 0.717) is 44.0 Å². The molecule has 5 aromatic carbocycles. The second-order valence-corrected chi connectivity index (χ2v) is 12.5. The lowest BCUT2D eigenvalue weighted by atomic mass is 10.1. The van der Waals surface area contributed by atoms with E-state index in [1.807, 2.05) is 30.3 Å². The monoisotopic (exact) mass is 711 g/mol. The van der Waals surface area contributed by atoms with Gasteiger partial charge in [-0.1, -0.05) is 89.9 Å². The second kappa shape index (κ2) is 16.7. The molecule has 8 nitrogen and oxygen atoms in total. The van der Waals surface area contributed by atoms with Gasteiger partial charge in [-0.2, -0.15) is 0 Å². The van der Waals surface area contributed by atoms with Crippen LogP contribution in [-0.4, -0.2) is 31.9 Å². The summed E-state index contributed by atoms with van der Waals surface area (Å²) < 4.78 is 10.7. The molecule has 1 atom stereocenters. The lowest BCUT2D eigenvalue weighted by Gasteiger charge is -2.19. The molecule has 3 amide bonds. The maximum absolute atomic E-state index is 13.7. The van der Waals surface area contributed by atoms with E-state index in [2.05, 4.69) is 16.0 Å². The fourth-order valence-corrected chi connectivity index (χ4v) is 6.15. The van der Waals surface area contributed by atoms with Crippen LogP contribution in [0.3, 0.4) is 0 Å². The van der Waals surface area contributed by atoms with E-state index >= 15 is 0 Å². The average molecular weight is 713 g/mol. The van der Waals surface area contributed by atoms with Crippen molar-refractivity contribution in [2.45, 2.75) is 10.1 Å². The number of methoxy groups -OCH3 is 2. The third-order valence-corrected chi connectivity index (χ3v) is 9.08. The predicted octanol–water partition coefficient (Wildman–Crippen LogP) is 8.89. The van der Waals surface area contributed by atoms with Gasteiger partial charge >= 0.3 is 0 Å². The number of rotatable bonds is 12. The number of hydrogen-bond acceptors (Lipinski definition) is 6. The molecule has 0 bridgehead atoms. The van der Waals surface area contributed by atoms with Crippen molar-refractivity contribution in [3.05, 3.63) is 154 Å². The van der Waals surface area contributed by atoms with Crippen molar-refractivity contribution >= 4 is 70.1 Å². The number of benzene rings is 5. The molecule has 1 unspecified atom stereocenters. The molecule has 248 valence electrons. The zero-order valence-electron chi connectivity index (χ0n) is 26.4. The summed E-state index contributed by atoms with van der Waals surface area (Å²) in [7, 11) is 2.99. The van der Waals surface area contributed by atoms with Crippen LogP contribution in [-0.2, 0) is 9.59 Å². The van der Waals surface area contributed by atoms with Gasteiger partial charge in [0, 0.05) is 27.2 Å². The van der Waals surface area contributed by atoms with Gasteiger partial charge in [0.05, 0.1) is 24.9 Å². The molecular formula is C38H31Cl2N3O5S. The van der Waals surface area contributed by atoms with Crippen molar-refractivity contribution < 1.29 is 23.9 Å². The zero-order chi connectivity index (χ0) is 34.8. The number of halogens is 2. The summed E-state index contributed by atoms with van der Waals surface area (Å²) in [6.45, 7) is 0. The highest BCUT2D eigenvalue weighted by Crippen LogP contribution is 2.40. The van der Waals surface area contributed by atoms with Crippen LogP contribution in [0, 0.1) is 0 Å². The first kappa shape index (κ1) is 35.1. The van der Waals surface area contributed by atoms with Crippen molar-refractivity contribution in [3.63, 3.8) is 0 Å². The molecule has 3 N–H and O–H groups in total. The van der Waals surface area contributed by atoms with Crippen LogP contribution >= 0.6 is 35.0 Å². The molecule has 0 fully saturated rings. The van der Waals surface area contributed by atoms with E-state index in [1.54, 1.807) is 91.0 Å². The molecule has 11 heteroatoms. The summed E-state index contributed by atoms with van der Waals surface area (Å²) in [6, 6.07) is 35.2. The van der Waals surface area contributed by atoms with Crippen molar-refractivity contribution in [3.8, 4) is 11.5 Å². The topological polar surface area (TPSA) is 106 Å². The maximum Gasteiger partial charge on any atom is 0.272 e. The highest BCUT2D eigenvalue weighted by atomic mass is 35.5. The summed E-state index contributed by atoms with van der Waals surface area (Å²) in [5, 5.41) is 8.60. The number of carbonyl (C=O) groups is 3. The molecular weight excluding hydrogens is 681 g/mol. The first-order valence-corrected chi connectivity index (χ1v) is 16.6. The molecule has 5 rings (SSSR count). The lowest BCUT2D eigenvalue weighted by Crippen LogP contribution is -2.30. The summed E-state index contributed by atoms with van der Waals surface area (Å²) in [5.74, 6) is -0.465. The van der Waals surface area contributed by atoms with Gasteiger partial charge in [-0.05, 0) is 65.7 Å². The Labute approximate surface area is 298 Å². The Morgan fingerprint density at radius 3 is 2.00 bits per heavy atom. The number of anilines is 2. The molecule has 0 spiro atoms. The van der Waals surface area contributed by atoms with Gasteiger partial charge in [-0.25, -0.2) is 0 Å². The Balaban J connectivity index is 1.35. The Morgan fingerprint density at radius 2 is 1.35 bits per heavy atom. The number of nitrogens with one attached hydrogen (secondary N) is 3. The van der Waals surface area contributed by atoms with Gasteiger partial charge in [-0.3, -0.25) is 14.4 Å². The maximum atomic E-state index is 13.7. The number of amides is 3. The van der Waals surface area contributed by atoms with Crippen LogP contribution in [0.2, 0.25) is 10.0 Å². The SMILES string of the molecule is COc1cc(OC)c(NC(=O)C(Sc2ccc(NC(=O)/C(=C/c3ccccc3Cl)NC(=O)c3ccccc3)cc2)c2ccccc2)cc1Cl. The number of carbonyl (C=O) groups excluding carboxylic acids is 3. The van der Waals surface area contributed by atoms with Crippen LogP contribution in [0.4, 0.5) is 11.4 Å². The molecule has 0 aromatic heterocycles. The molecule has 0 radical (unpaired) electrons. The van der Waals surface area contributed by atoms with E-state index in [1.165, 1.54) is 32.1 Å². The minimum atomic E-state index is -0.648. The van der Waals surface area contributed by atoms with Crippen molar-refractivity contribution in [1.82, 2.24) is 5.32 Å². The summed E-state index contributed by atoms with van der Waals surface area (Å²) in [6.07, 6.45) is 1.52. The van der Waals surface area contributed by atoms with E-state index in [0.717, 1.165) is 10.5 Å². The highest BCUT2D eigenvalue weighted by Gasteiger charge is 2.24. The second-order valence-electron chi connectivity index (χ2n) is 10.5. The van der Waals surface area contributed by atoms with Gasteiger partial charge in [-0.15, -0.1) is 11.8 Å². The third-order valence-electron chi connectivity index (χ3n) is 7.17. The Hall–Kier alpha value is -5.22. The van der Waals surface area contributed by atoms with Gasteiger partial charge in [0.1, 0.15) is 22.4 Å². The fourth-order valence-electron chi connectivity index (χ4n) is 4.70. The number of ether oxygens (including phenoxy) is 2. The molecule has 0 aliphatic carbocycles. The first-order valence-electron chi connectivity index (χ1n) is 14.9. The van der Waals surface area contributed by atoms with Crippen molar-refractivity contribution in [2.24, 2.45) is 0 Å². The quantitative estimate of drug-likeness (QED) is 0.0882. The van der Waals surface area contributed by atoms with Gasteiger partial charge in [0.25, 0.3) is 11.8 Å². The first-order chi connectivity index (χ1) is 23.7.